The first-order valence-corrected chi connectivity index (χ1v) is 7.66. The van der Waals surface area contributed by atoms with Gasteiger partial charge in [-0.1, -0.05) is 22.6 Å². The molecule has 1 aliphatic heterocycles. The topological polar surface area (TPSA) is 49.4 Å². The number of hydrogen-bond acceptors (Lipinski definition) is 4. The monoisotopic (exact) mass is 348 g/mol. The number of anilines is 2. The molecule has 1 aromatic rings. The van der Waals surface area contributed by atoms with Gasteiger partial charge in [0.05, 0.1) is 0 Å². The number of rotatable bonds is 5. The molecule has 1 aromatic carbocycles. The average Bonchev–Trinajstić information content (AvgIpc) is 2.38. The van der Waals surface area contributed by atoms with Gasteiger partial charge >= 0.3 is 0 Å². The molecule has 0 atom stereocenters. The zero-order valence-corrected chi connectivity index (χ0v) is 12.0. The van der Waals surface area contributed by atoms with E-state index in [1.54, 1.807) is 0 Å². The van der Waals surface area contributed by atoms with E-state index in [2.05, 4.69) is 32.8 Å². The highest BCUT2D eigenvalue weighted by atomic mass is 127. The van der Waals surface area contributed by atoms with E-state index in [1.165, 1.54) is 6.42 Å². The maximum absolute atomic E-state index is 11.6. The quantitative estimate of drug-likeness (QED) is 0.379. The number of halogens is 1. The lowest BCUT2D eigenvalue weighted by atomic mass is 10.1. The van der Waals surface area contributed by atoms with Gasteiger partial charge in [0.25, 0.3) is 10.9 Å². The van der Waals surface area contributed by atoms with Crippen molar-refractivity contribution in [3.8, 4) is 0 Å². The minimum Gasteiger partial charge on any atom is -0.380 e. The van der Waals surface area contributed by atoms with E-state index in [1.807, 2.05) is 0 Å². The number of nitrogens with one attached hydrogen (secondary N) is 1. The molecule has 1 fully saturated rings. The normalized spacial score (nSPS) is 16.4. The summed E-state index contributed by atoms with van der Waals surface area (Å²) in [4.78, 5) is 25.2. The summed E-state index contributed by atoms with van der Waals surface area (Å²) in [5.74, 6) is 0. The third-order valence-corrected chi connectivity index (χ3v) is 3.93. The van der Waals surface area contributed by atoms with E-state index in [9.17, 15) is 9.59 Å². The van der Waals surface area contributed by atoms with Crippen molar-refractivity contribution < 1.29 is 0 Å². The number of piperidine rings is 1. The van der Waals surface area contributed by atoms with Crippen LogP contribution in [0.4, 0.5) is 11.4 Å². The second-order valence-corrected chi connectivity index (χ2v) is 5.48. The highest BCUT2D eigenvalue weighted by molar-refractivity contribution is 14.1. The molecule has 0 radical (unpaired) electrons. The van der Waals surface area contributed by atoms with Gasteiger partial charge in [-0.2, -0.15) is 0 Å². The Hall–Kier alpha value is -0.590. The Balaban J connectivity index is 2.08. The van der Waals surface area contributed by atoms with Gasteiger partial charge in [0.2, 0.25) is 0 Å². The number of nitrogens with zero attached hydrogens (tertiary/aromatic N) is 1. The van der Waals surface area contributed by atoms with Crippen LogP contribution in [0.25, 0.3) is 0 Å². The van der Waals surface area contributed by atoms with Gasteiger partial charge in [0.1, 0.15) is 11.4 Å². The van der Waals surface area contributed by atoms with Crippen molar-refractivity contribution in [1.82, 2.24) is 0 Å². The fourth-order valence-electron chi connectivity index (χ4n) is 2.24. The average molecular weight is 348 g/mol. The van der Waals surface area contributed by atoms with E-state index >= 15 is 0 Å². The molecule has 1 N–H and O–H groups in total. The Morgan fingerprint density at radius 3 is 2.47 bits per heavy atom. The van der Waals surface area contributed by atoms with Crippen molar-refractivity contribution in [3.63, 3.8) is 0 Å². The molecule has 0 spiro atoms. The maximum atomic E-state index is 11.6. The standard InChI is InChI=1S/C12H17IN2O2/c13-5-4-6-14-9-10(12(17)11(9)16)15-7-2-1-3-8-15/h14H,1-8H2. The molecule has 0 saturated carbocycles. The summed E-state index contributed by atoms with van der Waals surface area (Å²) in [5.41, 5.74) is 0.563. The van der Waals surface area contributed by atoms with E-state index in [0.29, 0.717) is 11.4 Å². The van der Waals surface area contributed by atoms with Gasteiger partial charge in [0.15, 0.2) is 0 Å². The first-order valence-electron chi connectivity index (χ1n) is 6.14. The van der Waals surface area contributed by atoms with E-state index in [4.69, 9.17) is 0 Å². The van der Waals surface area contributed by atoms with Gasteiger partial charge in [-0.15, -0.1) is 0 Å². The molecule has 0 unspecified atom stereocenters. The van der Waals surface area contributed by atoms with Crippen LogP contribution in [0.5, 0.6) is 0 Å². The van der Waals surface area contributed by atoms with Crippen LogP contribution in [0.2, 0.25) is 0 Å². The molecule has 4 nitrogen and oxygen atoms in total. The minimum absolute atomic E-state index is 0.302. The summed E-state index contributed by atoms with van der Waals surface area (Å²) in [5, 5.41) is 3.11. The lowest BCUT2D eigenvalue weighted by molar-refractivity contribution is 0.576. The number of hydrogen-bond donors (Lipinski definition) is 1. The van der Waals surface area contributed by atoms with Gasteiger partial charge in [0, 0.05) is 24.1 Å². The van der Waals surface area contributed by atoms with E-state index in [-0.39, 0.29) is 10.9 Å². The fraction of sp³-hybridized carbons (Fsp3) is 0.667. The molecule has 1 aliphatic rings. The summed E-state index contributed by atoms with van der Waals surface area (Å²) in [7, 11) is 0. The van der Waals surface area contributed by atoms with Crippen LogP contribution in [0.1, 0.15) is 25.7 Å². The van der Waals surface area contributed by atoms with Crippen molar-refractivity contribution in [3.05, 3.63) is 20.4 Å². The highest BCUT2D eigenvalue weighted by Crippen LogP contribution is 2.23. The van der Waals surface area contributed by atoms with Crippen LogP contribution >= 0.6 is 22.6 Å². The molecule has 5 heteroatoms. The summed E-state index contributed by atoms with van der Waals surface area (Å²) >= 11 is 2.30. The Kier molecular flexibility index (Phi) is 4.42. The van der Waals surface area contributed by atoms with Crippen LogP contribution in [-0.2, 0) is 0 Å². The molecule has 0 aromatic heterocycles. The van der Waals surface area contributed by atoms with Crippen LogP contribution < -0.4 is 21.1 Å². The third kappa shape index (κ3) is 2.64. The maximum Gasteiger partial charge on any atom is 0.253 e. The van der Waals surface area contributed by atoms with Crippen molar-refractivity contribution in [1.29, 1.82) is 0 Å². The lowest BCUT2D eigenvalue weighted by Gasteiger charge is -2.30. The first kappa shape index (κ1) is 12.9. The molecule has 17 heavy (non-hydrogen) atoms. The smallest absolute Gasteiger partial charge is 0.253 e. The lowest BCUT2D eigenvalue weighted by Crippen LogP contribution is -2.44. The van der Waals surface area contributed by atoms with Gasteiger partial charge in [-0.3, -0.25) is 9.59 Å². The largest absolute Gasteiger partial charge is 0.380 e. The molecule has 1 heterocycles. The molecule has 2 rings (SSSR count). The Morgan fingerprint density at radius 2 is 1.82 bits per heavy atom. The van der Waals surface area contributed by atoms with E-state index in [0.717, 1.165) is 43.3 Å². The van der Waals surface area contributed by atoms with Gasteiger partial charge < -0.3 is 10.2 Å². The Bertz CT molecular complexity index is 445. The van der Waals surface area contributed by atoms with Crippen LogP contribution in [0.15, 0.2) is 9.59 Å². The predicted molar refractivity (Wildman–Crippen MR) is 79.4 cm³/mol. The second kappa shape index (κ2) is 5.84. The molecule has 1 saturated heterocycles. The molecular weight excluding hydrogens is 331 g/mol. The fourth-order valence-corrected chi connectivity index (χ4v) is 2.62. The van der Waals surface area contributed by atoms with Crippen molar-refractivity contribution in [2.75, 3.05) is 34.3 Å². The van der Waals surface area contributed by atoms with Gasteiger partial charge in [-0.05, 0) is 25.7 Å². The Morgan fingerprint density at radius 1 is 1.12 bits per heavy atom. The summed E-state index contributed by atoms with van der Waals surface area (Å²) in [6, 6.07) is 0. The first-order chi connectivity index (χ1) is 8.25. The Labute approximate surface area is 114 Å². The molecule has 0 bridgehead atoms. The van der Waals surface area contributed by atoms with Gasteiger partial charge in [-0.25, -0.2) is 0 Å². The van der Waals surface area contributed by atoms with Crippen LogP contribution in [0, 0.1) is 0 Å². The zero-order chi connectivity index (χ0) is 12.3. The molecule has 0 amide bonds. The second-order valence-electron chi connectivity index (χ2n) is 4.40. The minimum atomic E-state index is -0.334. The van der Waals surface area contributed by atoms with Crippen molar-refractivity contribution >= 4 is 34.0 Å². The summed E-state index contributed by atoms with van der Waals surface area (Å²) < 4.78 is 1.05. The van der Waals surface area contributed by atoms with E-state index < -0.39 is 0 Å². The zero-order valence-electron chi connectivity index (χ0n) is 9.80. The SMILES string of the molecule is O=c1c(NCCCI)c(N2CCCCC2)c1=O. The van der Waals surface area contributed by atoms with Crippen molar-refractivity contribution in [2.45, 2.75) is 25.7 Å². The molecular formula is C12H17IN2O2. The highest BCUT2D eigenvalue weighted by Gasteiger charge is 2.26. The molecule has 0 aliphatic carbocycles. The number of alkyl halides is 1. The van der Waals surface area contributed by atoms with Crippen LogP contribution in [-0.4, -0.2) is 24.1 Å². The molecule has 94 valence electrons. The summed E-state index contributed by atoms with van der Waals surface area (Å²) in [6.07, 6.45) is 4.47. The van der Waals surface area contributed by atoms with Crippen LogP contribution in [0.3, 0.4) is 0 Å². The predicted octanol–water partition coefficient (Wildman–Crippen LogP) is 1.51. The third-order valence-electron chi connectivity index (χ3n) is 3.17. The summed E-state index contributed by atoms with van der Waals surface area (Å²) in [6.45, 7) is 2.59. The van der Waals surface area contributed by atoms with Crippen molar-refractivity contribution in [2.24, 2.45) is 0 Å².